The van der Waals surface area contributed by atoms with E-state index < -0.39 is 4.87 Å². The molecule has 2 aromatic carbocycles. The normalized spacial score (nSPS) is 17.9. The molecule has 0 amide bonds. The summed E-state index contributed by atoms with van der Waals surface area (Å²) in [4.78, 5) is 23.7. The molecular weight excluding hydrogens is 272 g/mol. The second-order valence-electron chi connectivity index (χ2n) is 5.05. The fraction of sp³-hybridized carbons (Fsp3) is 0.176. The van der Waals surface area contributed by atoms with Gasteiger partial charge in [-0.25, -0.2) is 0 Å². The lowest BCUT2D eigenvalue weighted by atomic mass is 9.83. The Labute approximate surface area is 122 Å². The standard InChI is InChI=1S/C17H13ClO2/c1-11(12-7-3-2-4-8-12)17(18)15(19)13-9-5-6-10-14(13)16(17)20/h2-11H,1H3. The molecule has 3 rings (SSSR count). The van der Waals surface area contributed by atoms with Crippen molar-refractivity contribution in [2.45, 2.75) is 17.7 Å². The number of carbonyl (C=O) groups excluding carboxylic acids is 2. The van der Waals surface area contributed by atoms with E-state index in [1.54, 1.807) is 24.3 Å². The first-order valence-corrected chi connectivity index (χ1v) is 6.87. The van der Waals surface area contributed by atoms with Crippen LogP contribution in [0.2, 0.25) is 0 Å². The third-order valence-corrected chi connectivity index (χ3v) is 4.64. The Morgan fingerprint density at radius 1 is 0.850 bits per heavy atom. The lowest BCUT2D eigenvalue weighted by molar-refractivity contribution is 0.0846. The summed E-state index contributed by atoms with van der Waals surface area (Å²) < 4.78 is 0. The predicted molar refractivity (Wildman–Crippen MR) is 78.5 cm³/mol. The molecule has 0 aliphatic heterocycles. The molecule has 20 heavy (non-hydrogen) atoms. The third kappa shape index (κ3) is 1.65. The summed E-state index contributed by atoms with van der Waals surface area (Å²) in [6.07, 6.45) is 0. The molecule has 0 spiro atoms. The van der Waals surface area contributed by atoms with Crippen LogP contribution in [0, 0.1) is 0 Å². The van der Waals surface area contributed by atoms with E-state index in [4.69, 9.17) is 11.6 Å². The number of carbonyl (C=O) groups is 2. The van der Waals surface area contributed by atoms with Crippen molar-refractivity contribution in [1.29, 1.82) is 0 Å². The van der Waals surface area contributed by atoms with Crippen LogP contribution in [-0.2, 0) is 0 Å². The zero-order chi connectivity index (χ0) is 14.3. The molecule has 1 aliphatic rings. The number of benzene rings is 2. The summed E-state index contributed by atoms with van der Waals surface area (Å²) in [6.45, 7) is 1.82. The van der Waals surface area contributed by atoms with Crippen LogP contribution in [-0.4, -0.2) is 16.4 Å². The van der Waals surface area contributed by atoms with Crippen molar-refractivity contribution in [3.05, 3.63) is 71.3 Å². The van der Waals surface area contributed by atoms with Crippen molar-refractivity contribution in [1.82, 2.24) is 0 Å². The summed E-state index contributed by atoms with van der Waals surface area (Å²) in [5.74, 6) is -0.968. The van der Waals surface area contributed by atoms with Crippen molar-refractivity contribution in [3.8, 4) is 0 Å². The van der Waals surface area contributed by atoms with Crippen LogP contribution in [0.3, 0.4) is 0 Å². The number of rotatable bonds is 2. The Morgan fingerprint density at radius 2 is 1.30 bits per heavy atom. The SMILES string of the molecule is CC(c1ccccc1)C1(Cl)C(=O)c2ccccc2C1=O. The average molecular weight is 285 g/mol. The van der Waals surface area contributed by atoms with Gasteiger partial charge >= 0.3 is 0 Å². The summed E-state index contributed by atoms with van der Waals surface area (Å²) >= 11 is 6.52. The topological polar surface area (TPSA) is 34.1 Å². The molecular formula is C17H13ClO2. The summed E-state index contributed by atoms with van der Waals surface area (Å²) in [7, 11) is 0. The maximum absolute atomic E-state index is 12.6. The summed E-state index contributed by atoms with van der Waals surface area (Å²) in [5, 5.41) is 0. The van der Waals surface area contributed by atoms with Crippen LogP contribution in [0.1, 0.15) is 39.1 Å². The molecule has 1 unspecified atom stereocenters. The van der Waals surface area contributed by atoms with Gasteiger partial charge in [0, 0.05) is 17.0 Å². The Kier molecular flexibility index (Phi) is 2.98. The number of fused-ring (bicyclic) bond motifs is 1. The van der Waals surface area contributed by atoms with E-state index >= 15 is 0 Å². The van der Waals surface area contributed by atoms with E-state index in [2.05, 4.69) is 0 Å². The van der Waals surface area contributed by atoms with Crippen molar-refractivity contribution in [3.63, 3.8) is 0 Å². The number of ketones is 2. The van der Waals surface area contributed by atoms with Crippen LogP contribution in [0.25, 0.3) is 0 Å². The number of hydrogen-bond donors (Lipinski definition) is 0. The molecule has 0 saturated heterocycles. The van der Waals surface area contributed by atoms with Crippen molar-refractivity contribution >= 4 is 23.2 Å². The first-order valence-electron chi connectivity index (χ1n) is 6.49. The molecule has 0 saturated carbocycles. The Morgan fingerprint density at radius 3 is 1.80 bits per heavy atom. The second-order valence-corrected chi connectivity index (χ2v) is 5.64. The van der Waals surface area contributed by atoms with Gasteiger partial charge in [0.1, 0.15) is 0 Å². The van der Waals surface area contributed by atoms with Crippen LogP contribution < -0.4 is 0 Å². The maximum atomic E-state index is 12.6. The maximum Gasteiger partial charge on any atom is 0.193 e. The summed E-state index contributed by atoms with van der Waals surface area (Å²) in [6, 6.07) is 16.3. The Hall–Kier alpha value is -1.93. The fourth-order valence-electron chi connectivity index (χ4n) is 2.74. The van der Waals surface area contributed by atoms with Crippen LogP contribution in [0.15, 0.2) is 54.6 Å². The highest BCUT2D eigenvalue weighted by atomic mass is 35.5. The molecule has 100 valence electrons. The van der Waals surface area contributed by atoms with Gasteiger partial charge < -0.3 is 0 Å². The number of hydrogen-bond acceptors (Lipinski definition) is 2. The molecule has 0 aromatic heterocycles. The van der Waals surface area contributed by atoms with Crippen molar-refractivity contribution in [2.24, 2.45) is 0 Å². The van der Waals surface area contributed by atoms with Gasteiger partial charge in [0.05, 0.1) is 0 Å². The number of alkyl halides is 1. The highest BCUT2D eigenvalue weighted by Crippen LogP contribution is 2.44. The Balaban J connectivity index is 2.11. The van der Waals surface area contributed by atoms with E-state index in [9.17, 15) is 9.59 Å². The van der Waals surface area contributed by atoms with E-state index in [1.807, 2.05) is 37.3 Å². The largest absolute Gasteiger partial charge is 0.292 e. The minimum absolute atomic E-state index is 0.295. The molecule has 0 heterocycles. The fourth-order valence-corrected chi connectivity index (χ4v) is 3.07. The molecule has 1 aliphatic carbocycles. The number of Topliss-reactive ketones (excluding diaryl/α,β-unsaturated/α-hetero) is 2. The van der Waals surface area contributed by atoms with Gasteiger partial charge in [-0.2, -0.15) is 0 Å². The van der Waals surface area contributed by atoms with Crippen LogP contribution in [0.5, 0.6) is 0 Å². The second kappa shape index (κ2) is 4.57. The lowest BCUT2D eigenvalue weighted by Crippen LogP contribution is -2.40. The monoisotopic (exact) mass is 284 g/mol. The first-order chi connectivity index (χ1) is 9.56. The minimum atomic E-state index is -1.52. The third-order valence-electron chi connectivity index (χ3n) is 3.97. The molecule has 0 bridgehead atoms. The van der Waals surface area contributed by atoms with E-state index in [-0.39, 0.29) is 17.5 Å². The highest BCUT2D eigenvalue weighted by Gasteiger charge is 2.55. The lowest BCUT2D eigenvalue weighted by Gasteiger charge is -2.26. The zero-order valence-electron chi connectivity index (χ0n) is 11.0. The van der Waals surface area contributed by atoms with E-state index in [0.717, 1.165) is 5.56 Å². The van der Waals surface area contributed by atoms with Crippen LogP contribution in [0.4, 0.5) is 0 Å². The molecule has 0 N–H and O–H groups in total. The van der Waals surface area contributed by atoms with Gasteiger partial charge in [-0.3, -0.25) is 9.59 Å². The van der Waals surface area contributed by atoms with Crippen molar-refractivity contribution < 1.29 is 9.59 Å². The van der Waals surface area contributed by atoms with E-state index in [1.165, 1.54) is 0 Å². The zero-order valence-corrected chi connectivity index (χ0v) is 11.7. The molecule has 0 fully saturated rings. The molecule has 1 atom stereocenters. The smallest absolute Gasteiger partial charge is 0.193 e. The minimum Gasteiger partial charge on any atom is -0.292 e. The van der Waals surface area contributed by atoms with Crippen LogP contribution >= 0.6 is 11.6 Å². The molecule has 3 heteroatoms. The highest BCUT2D eigenvalue weighted by molar-refractivity contribution is 6.55. The Bertz CT molecular complexity index is 656. The first kappa shape index (κ1) is 13.1. The van der Waals surface area contributed by atoms with Gasteiger partial charge in [-0.15, -0.1) is 11.6 Å². The molecule has 2 nitrogen and oxygen atoms in total. The van der Waals surface area contributed by atoms with Gasteiger partial charge in [0.25, 0.3) is 0 Å². The van der Waals surface area contributed by atoms with Gasteiger partial charge in [0.2, 0.25) is 0 Å². The van der Waals surface area contributed by atoms with E-state index in [0.29, 0.717) is 11.1 Å². The van der Waals surface area contributed by atoms with Gasteiger partial charge in [-0.05, 0) is 5.56 Å². The summed E-state index contributed by atoms with van der Waals surface area (Å²) in [5.41, 5.74) is 1.74. The number of halogens is 1. The molecule has 0 radical (unpaired) electrons. The quantitative estimate of drug-likeness (QED) is 0.620. The average Bonchev–Trinajstić information content (AvgIpc) is 2.71. The molecule has 2 aromatic rings. The van der Waals surface area contributed by atoms with Gasteiger partial charge in [0.15, 0.2) is 16.4 Å². The predicted octanol–water partition coefficient (Wildman–Crippen LogP) is 3.85. The van der Waals surface area contributed by atoms with Gasteiger partial charge in [-0.1, -0.05) is 61.5 Å². The van der Waals surface area contributed by atoms with Crippen molar-refractivity contribution in [2.75, 3.05) is 0 Å².